The lowest BCUT2D eigenvalue weighted by atomic mass is 10.0. The van der Waals surface area contributed by atoms with Gasteiger partial charge in [-0.25, -0.2) is 4.39 Å². The number of aldehydes is 1. The lowest BCUT2D eigenvalue weighted by Crippen LogP contribution is -1.96. The van der Waals surface area contributed by atoms with Crippen molar-refractivity contribution in [3.63, 3.8) is 0 Å². The Morgan fingerprint density at radius 2 is 2.27 bits per heavy atom. The molecule has 0 heterocycles. The van der Waals surface area contributed by atoms with E-state index >= 15 is 0 Å². The van der Waals surface area contributed by atoms with Crippen LogP contribution in [0, 0.1) is 24.6 Å². The number of hydrogen-bond acceptors (Lipinski definition) is 1. The third-order valence-electron chi connectivity index (χ3n) is 1.95. The molecule has 0 aliphatic rings. The van der Waals surface area contributed by atoms with E-state index in [1.165, 1.54) is 6.07 Å². The summed E-state index contributed by atoms with van der Waals surface area (Å²) in [6.07, 6.45) is 1.02. The first-order valence-corrected chi connectivity index (χ1v) is 5.03. The second kappa shape index (κ2) is 5.53. The van der Waals surface area contributed by atoms with Crippen LogP contribution in [0.5, 0.6) is 0 Å². The number of benzene rings is 1. The molecule has 0 N–H and O–H groups in total. The molecule has 0 saturated heterocycles. The molecule has 0 saturated carbocycles. The Kier molecular flexibility index (Phi) is 4.33. The normalized spacial score (nSPS) is 9.27. The molecule has 0 aliphatic heterocycles. The summed E-state index contributed by atoms with van der Waals surface area (Å²) in [5.74, 6) is 5.45. The van der Waals surface area contributed by atoms with Crippen LogP contribution >= 0.6 is 11.6 Å². The van der Waals surface area contributed by atoms with E-state index in [0.29, 0.717) is 24.2 Å². The standard InChI is InChI=1S/C12H10ClFO/c1-9-5-6-12(14)11(8-15)10(9)4-2-3-7-13/h5-6,8H,3,7H2,1H3. The van der Waals surface area contributed by atoms with E-state index < -0.39 is 5.82 Å². The molecule has 1 aromatic carbocycles. The predicted molar refractivity (Wildman–Crippen MR) is 58.7 cm³/mol. The van der Waals surface area contributed by atoms with E-state index in [1.54, 1.807) is 13.0 Å². The van der Waals surface area contributed by atoms with Crippen LogP contribution in [0.25, 0.3) is 0 Å². The van der Waals surface area contributed by atoms with Crippen molar-refractivity contribution in [1.82, 2.24) is 0 Å². The molecule has 0 aromatic heterocycles. The van der Waals surface area contributed by atoms with Crippen molar-refractivity contribution in [2.45, 2.75) is 13.3 Å². The zero-order valence-corrected chi connectivity index (χ0v) is 9.07. The molecule has 0 unspecified atom stereocenters. The second-order valence-electron chi connectivity index (χ2n) is 3.01. The molecule has 78 valence electrons. The fourth-order valence-corrected chi connectivity index (χ4v) is 1.28. The Labute approximate surface area is 93.3 Å². The zero-order chi connectivity index (χ0) is 11.3. The molecule has 3 heteroatoms. The SMILES string of the molecule is Cc1ccc(F)c(C=O)c1C#CCCCl. The maximum atomic E-state index is 13.2. The molecular weight excluding hydrogens is 215 g/mol. The van der Waals surface area contributed by atoms with Crippen LogP contribution in [-0.4, -0.2) is 12.2 Å². The molecular formula is C12H10ClFO. The van der Waals surface area contributed by atoms with Crippen molar-refractivity contribution >= 4 is 17.9 Å². The number of carbonyl (C=O) groups is 1. The van der Waals surface area contributed by atoms with Gasteiger partial charge in [0.15, 0.2) is 6.29 Å². The number of carbonyl (C=O) groups excluding carboxylic acids is 1. The van der Waals surface area contributed by atoms with E-state index in [1.807, 2.05) is 0 Å². The van der Waals surface area contributed by atoms with Crippen molar-refractivity contribution in [2.24, 2.45) is 0 Å². The third kappa shape index (κ3) is 2.81. The van der Waals surface area contributed by atoms with Gasteiger partial charge in [0.05, 0.1) is 5.56 Å². The highest BCUT2D eigenvalue weighted by molar-refractivity contribution is 6.18. The minimum absolute atomic E-state index is 0.0251. The number of aryl methyl sites for hydroxylation is 1. The molecule has 0 aliphatic carbocycles. The van der Waals surface area contributed by atoms with Crippen LogP contribution in [0.4, 0.5) is 4.39 Å². The summed E-state index contributed by atoms with van der Waals surface area (Å²) in [5.41, 5.74) is 1.27. The van der Waals surface area contributed by atoms with E-state index in [4.69, 9.17) is 11.6 Å². The first-order valence-electron chi connectivity index (χ1n) is 4.49. The maximum absolute atomic E-state index is 13.2. The van der Waals surface area contributed by atoms with Gasteiger partial charge in [0.1, 0.15) is 5.82 Å². The first-order chi connectivity index (χ1) is 7.20. The average Bonchev–Trinajstić information content (AvgIpc) is 2.23. The Hall–Kier alpha value is -1.33. The summed E-state index contributed by atoms with van der Waals surface area (Å²) in [4.78, 5) is 10.7. The third-order valence-corrected chi connectivity index (χ3v) is 2.14. The van der Waals surface area contributed by atoms with Gasteiger partial charge >= 0.3 is 0 Å². The molecule has 0 fully saturated rings. The van der Waals surface area contributed by atoms with Crippen LogP contribution in [0.2, 0.25) is 0 Å². The Bertz CT molecular complexity index is 429. The van der Waals surface area contributed by atoms with Crippen molar-refractivity contribution < 1.29 is 9.18 Å². The van der Waals surface area contributed by atoms with Crippen LogP contribution < -0.4 is 0 Å². The Morgan fingerprint density at radius 1 is 1.53 bits per heavy atom. The van der Waals surface area contributed by atoms with Gasteiger partial charge in [-0.05, 0) is 18.6 Å². The lowest BCUT2D eigenvalue weighted by Gasteiger charge is -2.02. The largest absolute Gasteiger partial charge is 0.298 e. The summed E-state index contributed by atoms with van der Waals surface area (Å²) < 4.78 is 13.2. The van der Waals surface area contributed by atoms with Crippen LogP contribution in [0.3, 0.4) is 0 Å². The highest BCUT2D eigenvalue weighted by atomic mass is 35.5. The monoisotopic (exact) mass is 224 g/mol. The minimum atomic E-state index is -0.536. The van der Waals surface area contributed by atoms with Crippen molar-refractivity contribution in [3.8, 4) is 11.8 Å². The van der Waals surface area contributed by atoms with Gasteiger partial charge in [-0.2, -0.15) is 0 Å². The number of halogens is 2. The van der Waals surface area contributed by atoms with Crippen molar-refractivity contribution in [3.05, 3.63) is 34.6 Å². The highest BCUT2D eigenvalue weighted by Gasteiger charge is 2.08. The van der Waals surface area contributed by atoms with Crippen LogP contribution in [-0.2, 0) is 0 Å². The lowest BCUT2D eigenvalue weighted by molar-refractivity contribution is 0.111. The molecule has 1 aromatic rings. The summed E-state index contributed by atoms with van der Waals surface area (Å²) in [6.45, 7) is 1.79. The number of rotatable bonds is 2. The molecule has 15 heavy (non-hydrogen) atoms. The van der Waals surface area contributed by atoms with Gasteiger partial charge in [-0.1, -0.05) is 17.9 Å². The van der Waals surface area contributed by atoms with E-state index in [-0.39, 0.29) is 5.56 Å². The topological polar surface area (TPSA) is 17.1 Å². The molecule has 0 amide bonds. The van der Waals surface area contributed by atoms with Crippen molar-refractivity contribution in [1.29, 1.82) is 0 Å². The van der Waals surface area contributed by atoms with E-state index in [2.05, 4.69) is 11.8 Å². The van der Waals surface area contributed by atoms with E-state index in [0.717, 1.165) is 5.56 Å². The molecule has 0 bridgehead atoms. The summed E-state index contributed by atoms with van der Waals surface area (Å²) >= 11 is 5.47. The fourth-order valence-electron chi connectivity index (χ4n) is 1.18. The maximum Gasteiger partial charge on any atom is 0.154 e. The predicted octanol–water partition coefficient (Wildman–Crippen LogP) is 2.93. The summed E-state index contributed by atoms with van der Waals surface area (Å²) in [6, 6.07) is 2.87. The van der Waals surface area contributed by atoms with Crippen molar-refractivity contribution in [2.75, 3.05) is 5.88 Å². The molecule has 1 rings (SSSR count). The van der Waals surface area contributed by atoms with Gasteiger partial charge in [-0.3, -0.25) is 4.79 Å². The molecule has 0 radical (unpaired) electrons. The highest BCUT2D eigenvalue weighted by Crippen LogP contribution is 2.15. The van der Waals surface area contributed by atoms with Gasteiger partial charge in [0.2, 0.25) is 0 Å². The molecule has 0 atom stereocenters. The Balaban J connectivity index is 3.21. The average molecular weight is 225 g/mol. The first kappa shape index (κ1) is 11.7. The smallest absolute Gasteiger partial charge is 0.154 e. The van der Waals surface area contributed by atoms with Gasteiger partial charge in [0.25, 0.3) is 0 Å². The molecule has 1 nitrogen and oxygen atoms in total. The van der Waals surface area contributed by atoms with E-state index in [9.17, 15) is 9.18 Å². The zero-order valence-electron chi connectivity index (χ0n) is 8.31. The molecule has 0 spiro atoms. The minimum Gasteiger partial charge on any atom is -0.298 e. The number of alkyl halides is 1. The quantitative estimate of drug-likeness (QED) is 0.429. The summed E-state index contributed by atoms with van der Waals surface area (Å²) in [5, 5.41) is 0. The summed E-state index contributed by atoms with van der Waals surface area (Å²) in [7, 11) is 0. The number of hydrogen-bond donors (Lipinski definition) is 0. The second-order valence-corrected chi connectivity index (χ2v) is 3.39. The Morgan fingerprint density at radius 3 is 2.87 bits per heavy atom. The van der Waals surface area contributed by atoms with Gasteiger partial charge in [0, 0.05) is 17.9 Å². The van der Waals surface area contributed by atoms with Gasteiger partial charge < -0.3 is 0 Å². The van der Waals surface area contributed by atoms with Crippen LogP contribution in [0.1, 0.15) is 27.9 Å². The van der Waals surface area contributed by atoms with Gasteiger partial charge in [-0.15, -0.1) is 11.6 Å². The fraction of sp³-hybridized carbons (Fsp3) is 0.250. The van der Waals surface area contributed by atoms with Crippen LogP contribution in [0.15, 0.2) is 12.1 Å².